The number of nitrogens with one attached hydrogen (secondary N) is 1. The molecule has 8 heteroatoms. The molecular formula is C21H31N3O3S2. The number of thiazole rings is 1. The van der Waals surface area contributed by atoms with Gasteiger partial charge in [0.2, 0.25) is 15.9 Å². The van der Waals surface area contributed by atoms with Gasteiger partial charge in [0.25, 0.3) is 0 Å². The Hall–Kier alpha value is -1.51. The van der Waals surface area contributed by atoms with Crippen molar-refractivity contribution in [3.8, 4) is 0 Å². The van der Waals surface area contributed by atoms with Gasteiger partial charge in [-0.2, -0.15) is 4.31 Å². The molecule has 160 valence electrons. The molecule has 0 aliphatic heterocycles. The second kappa shape index (κ2) is 10.00. The largest absolute Gasteiger partial charge is 0.302 e. The first-order valence-corrected chi connectivity index (χ1v) is 12.9. The second-order valence-electron chi connectivity index (χ2n) is 7.73. The predicted molar refractivity (Wildman–Crippen MR) is 119 cm³/mol. The summed E-state index contributed by atoms with van der Waals surface area (Å²) in [6.07, 6.45) is 7.69. The van der Waals surface area contributed by atoms with Crippen molar-refractivity contribution in [3.05, 3.63) is 18.2 Å². The Balaban J connectivity index is 1.80. The van der Waals surface area contributed by atoms with Crippen LogP contribution in [0, 0.1) is 5.92 Å². The van der Waals surface area contributed by atoms with Gasteiger partial charge in [0.05, 0.1) is 15.1 Å². The molecule has 0 radical (unpaired) electrons. The first-order valence-electron chi connectivity index (χ1n) is 10.7. The number of carbonyl (C=O) groups is 1. The van der Waals surface area contributed by atoms with Gasteiger partial charge in [-0.1, -0.05) is 50.9 Å². The van der Waals surface area contributed by atoms with Gasteiger partial charge in [0.15, 0.2) is 5.13 Å². The summed E-state index contributed by atoms with van der Waals surface area (Å²) in [7, 11) is -3.54. The Bertz CT molecular complexity index is 926. The van der Waals surface area contributed by atoms with Crippen LogP contribution in [0.2, 0.25) is 0 Å². The lowest BCUT2D eigenvalue weighted by atomic mass is 10.1. The van der Waals surface area contributed by atoms with Gasteiger partial charge in [0, 0.05) is 19.0 Å². The van der Waals surface area contributed by atoms with Crippen LogP contribution in [-0.2, 0) is 14.8 Å². The number of amides is 1. The molecule has 1 aliphatic carbocycles. The zero-order chi connectivity index (χ0) is 20.9. The molecule has 1 N–H and O–H groups in total. The molecular weight excluding hydrogens is 406 g/mol. The number of unbranched alkanes of at least 4 members (excludes halogenated alkanes) is 2. The number of sulfonamides is 1. The van der Waals surface area contributed by atoms with Crippen LogP contribution in [-0.4, -0.2) is 36.7 Å². The van der Waals surface area contributed by atoms with Crippen LogP contribution in [0.3, 0.4) is 0 Å². The Labute approximate surface area is 177 Å². The highest BCUT2D eigenvalue weighted by molar-refractivity contribution is 7.89. The lowest BCUT2D eigenvalue weighted by molar-refractivity contribution is -0.119. The quantitative estimate of drug-likeness (QED) is 0.566. The molecule has 29 heavy (non-hydrogen) atoms. The summed E-state index contributed by atoms with van der Waals surface area (Å²) in [5.74, 6) is 0.100. The fourth-order valence-electron chi connectivity index (χ4n) is 3.68. The highest BCUT2D eigenvalue weighted by Crippen LogP contribution is 2.31. The van der Waals surface area contributed by atoms with E-state index in [0.29, 0.717) is 28.6 Å². The number of rotatable bonds is 10. The molecule has 1 aromatic heterocycles. The van der Waals surface area contributed by atoms with Crippen molar-refractivity contribution in [1.82, 2.24) is 9.29 Å². The molecule has 2 aromatic rings. The van der Waals surface area contributed by atoms with Crippen molar-refractivity contribution in [1.29, 1.82) is 0 Å². The number of fused-ring (bicyclic) bond motifs is 1. The zero-order valence-corrected chi connectivity index (χ0v) is 18.9. The van der Waals surface area contributed by atoms with Gasteiger partial charge in [-0.05, 0) is 43.9 Å². The maximum atomic E-state index is 13.2. The third-order valence-electron chi connectivity index (χ3n) is 5.48. The lowest BCUT2D eigenvalue weighted by Gasteiger charge is -2.21. The van der Waals surface area contributed by atoms with Gasteiger partial charge < -0.3 is 5.32 Å². The molecule has 0 saturated heterocycles. The van der Waals surface area contributed by atoms with Gasteiger partial charge in [-0.15, -0.1) is 0 Å². The summed E-state index contributed by atoms with van der Waals surface area (Å²) >= 11 is 1.34. The summed E-state index contributed by atoms with van der Waals surface area (Å²) < 4.78 is 28.8. The van der Waals surface area contributed by atoms with E-state index in [9.17, 15) is 13.2 Å². The number of hydrogen-bond donors (Lipinski definition) is 1. The van der Waals surface area contributed by atoms with Crippen molar-refractivity contribution in [2.45, 2.75) is 70.1 Å². The van der Waals surface area contributed by atoms with E-state index in [2.05, 4.69) is 24.1 Å². The van der Waals surface area contributed by atoms with Crippen molar-refractivity contribution in [2.24, 2.45) is 5.92 Å². The van der Waals surface area contributed by atoms with E-state index < -0.39 is 10.0 Å². The molecule has 0 spiro atoms. The Morgan fingerprint density at radius 2 is 1.83 bits per heavy atom. The van der Waals surface area contributed by atoms with Gasteiger partial charge in [0.1, 0.15) is 0 Å². The van der Waals surface area contributed by atoms with E-state index in [-0.39, 0.29) is 11.8 Å². The van der Waals surface area contributed by atoms with Gasteiger partial charge >= 0.3 is 0 Å². The molecule has 1 aliphatic rings. The van der Waals surface area contributed by atoms with Crippen LogP contribution in [0.25, 0.3) is 10.2 Å². The average Bonchev–Trinajstić information content (AvgIpc) is 3.36. The van der Waals surface area contributed by atoms with Crippen molar-refractivity contribution < 1.29 is 13.2 Å². The minimum absolute atomic E-state index is 0.0275. The third-order valence-corrected chi connectivity index (χ3v) is 8.30. The number of benzene rings is 1. The van der Waals surface area contributed by atoms with Crippen LogP contribution >= 0.6 is 11.3 Å². The van der Waals surface area contributed by atoms with Crippen molar-refractivity contribution >= 4 is 42.6 Å². The van der Waals surface area contributed by atoms with E-state index in [4.69, 9.17) is 0 Å². The topological polar surface area (TPSA) is 79.4 Å². The van der Waals surface area contributed by atoms with Crippen molar-refractivity contribution in [3.63, 3.8) is 0 Å². The molecule has 0 atom stereocenters. The molecule has 1 aromatic carbocycles. The van der Waals surface area contributed by atoms with E-state index in [0.717, 1.165) is 56.1 Å². The Morgan fingerprint density at radius 3 is 2.45 bits per heavy atom. The van der Waals surface area contributed by atoms with E-state index >= 15 is 0 Å². The fourth-order valence-corrected chi connectivity index (χ4v) is 6.21. The third kappa shape index (κ3) is 5.35. The molecule has 3 rings (SSSR count). The second-order valence-corrected chi connectivity index (χ2v) is 10.7. The number of hydrogen-bond acceptors (Lipinski definition) is 5. The summed E-state index contributed by atoms with van der Waals surface area (Å²) in [5, 5.41) is 3.46. The molecule has 0 unspecified atom stereocenters. The molecule has 1 fully saturated rings. The van der Waals surface area contributed by atoms with E-state index in [1.165, 1.54) is 11.3 Å². The smallest absolute Gasteiger partial charge is 0.243 e. The van der Waals surface area contributed by atoms with Gasteiger partial charge in [-0.25, -0.2) is 13.4 Å². The maximum absolute atomic E-state index is 13.2. The Kier molecular flexibility index (Phi) is 7.65. The first-order chi connectivity index (χ1) is 14.0. The lowest BCUT2D eigenvalue weighted by Crippen LogP contribution is -2.33. The monoisotopic (exact) mass is 437 g/mol. The minimum Gasteiger partial charge on any atom is -0.302 e. The zero-order valence-electron chi connectivity index (χ0n) is 17.3. The normalized spacial score (nSPS) is 15.4. The number of anilines is 1. The standard InChI is InChI=1S/C21H31N3O3S2/c1-3-5-13-24(14-6-4-2)29(26,27)17-11-12-18-19(15-17)28-21(22-18)23-20(25)16-9-7-8-10-16/h11-12,15-16H,3-10,13-14H2,1-2H3,(H,22,23,25). The van der Waals surface area contributed by atoms with Crippen LogP contribution in [0.1, 0.15) is 65.2 Å². The molecule has 0 bridgehead atoms. The number of nitrogens with zero attached hydrogens (tertiary/aromatic N) is 2. The summed E-state index contributed by atoms with van der Waals surface area (Å²) in [5.41, 5.74) is 0.712. The first kappa shape index (κ1) is 22.2. The Morgan fingerprint density at radius 1 is 1.17 bits per heavy atom. The SMILES string of the molecule is CCCCN(CCCC)S(=O)(=O)c1ccc2nc(NC(=O)C3CCCC3)sc2c1. The highest BCUT2D eigenvalue weighted by Gasteiger charge is 2.25. The average molecular weight is 438 g/mol. The fraction of sp³-hybridized carbons (Fsp3) is 0.619. The van der Waals surface area contributed by atoms with E-state index in [1.807, 2.05) is 0 Å². The van der Waals surface area contributed by atoms with Crippen LogP contribution < -0.4 is 5.32 Å². The highest BCUT2D eigenvalue weighted by atomic mass is 32.2. The minimum atomic E-state index is -3.54. The molecule has 1 saturated carbocycles. The van der Waals surface area contributed by atoms with Crippen LogP contribution in [0.15, 0.2) is 23.1 Å². The number of aromatic nitrogens is 1. The molecule has 1 amide bonds. The summed E-state index contributed by atoms with van der Waals surface area (Å²) in [6, 6.07) is 5.06. The predicted octanol–water partition coefficient (Wildman–Crippen LogP) is 5.02. The number of carbonyl (C=O) groups excluding carboxylic acids is 1. The summed E-state index contributed by atoms with van der Waals surface area (Å²) in [4.78, 5) is 17.1. The van der Waals surface area contributed by atoms with Crippen LogP contribution in [0.4, 0.5) is 5.13 Å². The summed E-state index contributed by atoms with van der Waals surface area (Å²) in [6.45, 7) is 5.22. The molecule has 6 nitrogen and oxygen atoms in total. The van der Waals surface area contributed by atoms with Gasteiger partial charge in [-0.3, -0.25) is 4.79 Å². The molecule has 1 heterocycles. The maximum Gasteiger partial charge on any atom is 0.243 e. The van der Waals surface area contributed by atoms with Crippen molar-refractivity contribution in [2.75, 3.05) is 18.4 Å². The van der Waals surface area contributed by atoms with Crippen LogP contribution in [0.5, 0.6) is 0 Å². The van der Waals surface area contributed by atoms with E-state index in [1.54, 1.807) is 22.5 Å².